The van der Waals surface area contributed by atoms with Crippen LogP contribution in [0, 0.1) is 0 Å². The number of H-pyrrole nitrogens is 1. The maximum atomic E-state index is 11.5. The third kappa shape index (κ3) is 3.01. The molecule has 1 aromatic carbocycles. The molecule has 1 heterocycles. The van der Waals surface area contributed by atoms with Gasteiger partial charge >= 0.3 is 0 Å². The van der Waals surface area contributed by atoms with Crippen LogP contribution in [-0.4, -0.2) is 39.0 Å². The summed E-state index contributed by atoms with van der Waals surface area (Å²) in [7, 11) is 0. The van der Waals surface area contributed by atoms with Crippen molar-refractivity contribution in [2.24, 2.45) is 0 Å². The molecule has 2 aromatic rings. The Morgan fingerprint density at radius 3 is 2.90 bits per heavy atom. The van der Waals surface area contributed by atoms with E-state index in [0.717, 1.165) is 0 Å². The van der Waals surface area contributed by atoms with Gasteiger partial charge in [-0.05, 0) is 17.7 Å². The highest BCUT2D eigenvalue weighted by Crippen LogP contribution is 2.20. The van der Waals surface area contributed by atoms with E-state index < -0.39 is 12.2 Å². The van der Waals surface area contributed by atoms with E-state index in [-0.39, 0.29) is 18.0 Å². The Hall–Kier alpha value is -2.25. The molecule has 0 saturated carbocycles. The summed E-state index contributed by atoms with van der Waals surface area (Å²) in [6, 6.07) is 4.69. The smallest absolute Gasteiger partial charge is 0.272 e. The first-order valence-electron chi connectivity index (χ1n) is 6.07. The number of aromatic nitrogens is 2. The second-order valence-electron chi connectivity index (χ2n) is 4.50. The first-order valence-corrected chi connectivity index (χ1v) is 6.07. The number of hydrogen-bond donors (Lipinski definition) is 4. The Morgan fingerprint density at radius 2 is 2.20 bits per heavy atom. The van der Waals surface area contributed by atoms with Gasteiger partial charge < -0.3 is 15.5 Å². The number of nitrogens with one attached hydrogen (secondary N) is 2. The molecule has 0 fully saturated rings. The van der Waals surface area contributed by atoms with E-state index in [1.165, 1.54) is 13.1 Å². The van der Waals surface area contributed by atoms with Crippen molar-refractivity contribution in [3.05, 3.63) is 40.3 Å². The Labute approximate surface area is 114 Å². The van der Waals surface area contributed by atoms with Gasteiger partial charge in [0.2, 0.25) is 5.91 Å². The van der Waals surface area contributed by atoms with Crippen molar-refractivity contribution >= 4 is 16.7 Å². The number of rotatable bonds is 4. The van der Waals surface area contributed by atoms with E-state index in [1.807, 2.05) is 0 Å². The molecule has 0 saturated heterocycles. The lowest BCUT2D eigenvalue weighted by Crippen LogP contribution is -2.34. The largest absolute Gasteiger partial charge is 0.388 e. The lowest BCUT2D eigenvalue weighted by atomic mass is 10.0. The molecular formula is C13H15N3O4. The van der Waals surface area contributed by atoms with Crippen LogP contribution >= 0.6 is 0 Å². The van der Waals surface area contributed by atoms with Crippen molar-refractivity contribution in [1.82, 2.24) is 15.5 Å². The van der Waals surface area contributed by atoms with Crippen LogP contribution in [0.4, 0.5) is 0 Å². The lowest BCUT2D eigenvalue weighted by Gasteiger charge is -2.18. The fraction of sp³-hybridized carbons (Fsp3) is 0.308. The number of amides is 1. The first kappa shape index (κ1) is 14.2. The Kier molecular flexibility index (Phi) is 4.11. The third-order valence-corrected chi connectivity index (χ3v) is 2.96. The summed E-state index contributed by atoms with van der Waals surface area (Å²) in [5.41, 5.74) is 0.130. The average molecular weight is 277 g/mol. The van der Waals surface area contributed by atoms with Gasteiger partial charge in [-0.25, -0.2) is 5.10 Å². The first-order chi connectivity index (χ1) is 9.49. The van der Waals surface area contributed by atoms with Crippen LogP contribution in [0.3, 0.4) is 0 Å². The average Bonchev–Trinajstić information content (AvgIpc) is 2.43. The Bertz CT molecular complexity index is 683. The SMILES string of the molecule is CC(=O)NCC(O)C(O)c1ccc2c(=O)[nH]ncc2c1. The van der Waals surface area contributed by atoms with Gasteiger partial charge in [0, 0.05) is 18.9 Å². The summed E-state index contributed by atoms with van der Waals surface area (Å²) < 4.78 is 0. The van der Waals surface area contributed by atoms with Gasteiger partial charge in [0.25, 0.3) is 5.56 Å². The quantitative estimate of drug-likeness (QED) is 0.598. The normalized spacial score (nSPS) is 13.9. The summed E-state index contributed by atoms with van der Waals surface area (Å²) in [5, 5.41) is 29.3. The fourth-order valence-electron chi connectivity index (χ4n) is 1.88. The number of aliphatic hydroxyl groups excluding tert-OH is 2. The minimum Gasteiger partial charge on any atom is -0.388 e. The second kappa shape index (κ2) is 5.81. The molecule has 0 aliphatic heterocycles. The molecule has 2 unspecified atom stereocenters. The number of fused-ring (bicyclic) bond motifs is 1. The van der Waals surface area contributed by atoms with Gasteiger partial charge in [-0.1, -0.05) is 6.07 Å². The van der Waals surface area contributed by atoms with E-state index in [4.69, 9.17) is 0 Å². The highest BCUT2D eigenvalue weighted by molar-refractivity contribution is 5.81. The van der Waals surface area contributed by atoms with Crippen molar-refractivity contribution in [1.29, 1.82) is 0 Å². The van der Waals surface area contributed by atoms with Crippen LogP contribution in [0.5, 0.6) is 0 Å². The number of hydrogen-bond acceptors (Lipinski definition) is 5. The van der Waals surface area contributed by atoms with Crippen molar-refractivity contribution in [2.75, 3.05) is 6.54 Å². The van der Waals surface area contributed by atoms with Gasteiger partial charge in [-0.3, -0.25) is 9.59 Å². The van der Waals surface area contributed by atoms with E-state index >= 15 is 0 Å². The van der Waals surface area contributed by atoms with Crippen LogP contribution < -0.4 is 10.9 Å². The number of carbonyl (C=O) groups excluding carboxylic acids is 1. The van der Waals surface area contributed by atoms with Crippen LogP contribution in [-0.2, 0) is 4.79 Å². The van der Waals surface area contributed by atoms with Crippen LogP contribution in [0.2, 0.25) is 0 Å². The molecule has 0 bridgehead atoms. The highest BCUT2D eigenvalue weighted by Gasteiger charge is 2.19. The molecule has 0 spiro atoms. The molecule has 20 heavy (non-hydrogen) atoms. The minimum atomic E-state index is -1.16. The van der Waals surface area contributed by atoms with E-state index in [2.05, 4.69) is 15.5 Å². The summed E-state index contributed by atoms with van der Waals surface area (Å²) in [5.74, 6) is -0.287. The molecule has 106 valence electrons. The molecule has 0 aliphatic rings. The Balaban J connectivity index is 2.24. The molecule has 1 aromatic heterocycles. The molecule has 2 rings (SSSR count). The zero-order valence-corrected chi connectivity index (χ0v) is 10.8. The standard InChI is InChI=1S/C13H15N3O4/c1-7(17)14-6-11(18)12(19)8-2-3-10-9(4-8)5-15-16-13(10)20/h2-5,11-12,18-19H,6H2,1H3,(H,14,17)(H,16,20). The van der Waals surface area contributed by atoms with Crippen molar-refractivity contribution < 1.29 is 15.0 Å². The number of benzene rings is 1. The van der Waals surface area contributed by atoms with Crippen LogP contribution in [0.15, 0.2) is 29.2 Å². The minimum absolute atomic E-state index is 0.0534. The molecular weight excluding hydrogens is 262 g/mol. The molecule has 7 heteroatoms. The highest BCUT2D eigenvalue weighted by atomic mass is 16.3. The molecule has 1 amide bonds. The van der Waals surface area contributed by atoms with E-state index in [0.29, 0.717) is 16.3 Å². The molecule has 2 atom stereocenters. The zero-order valence-electron chi connectivity index (χ0n) is 10.8. The summed E-state index contributed by atoms with van der Waals surface area (Å²) in [6.45, 7) is 1.27. The monoisotopic (exact) mass is 277 g/mol. The predicted octanol–water partition coefficient (Wildman–Crippen LogP) is -0.546. The van der Waals surface area contributed by atoms with Gasteiger partial charge in [-0.15, -0.1) is 0 Å². The topological polar surface area (TPSA) is 115 Å². The summed E-state index contributed by atoms with van der Waals surface area (Å²) in [6.07, 6.45) is -0.829. The lowest BCUT2D eigenvalue weighted by molar-refractivity contribution is -0.119. The third-order valence-electron chi connectivity index (χ3n) is 2.96. The van der Waals surface area contributed by atoms with Gasteiger partial charge in [0.1, 0.15) is 12.2 Å². The maximum absolute atomic E-state index is 11.5. The van der Waals surface area contributed by atoms with Crippen LogP contribution in [0.1, 0.15) is 18.6 Å². The fourth-order valence-corrected chi connectivity index (χ4v) is 1.88. The van der Waals surface area contributed by atoms with Gasteiger partial charge in [-0.2, -0.15) is 5.10 Å². The van der Waals surface area contributed by atoms with Crippen LogP contribution in [0.25, 0.3) is 10.8 Å². The number of carbonyl (C=O) groups is 1. The van der Waals surface area contributed by atoms with Gasteiger partial charge in [0.05, 0.1) is 11.6 Å². The molecule has 0 radical (unpaired) electrons. The molecule has 4 N–H and O–H groups in total. The Morgan fingerprint density at radius 1 is 1.45 bits per heavy atom. The summed E-state index contributed by atoms with van der Waals surface area (Å²) >= 11 is 0. The van der Waals surface area contributed by atoms with Crippen molar-refractivity contribution in [3.63, 3.8) is 0 Å². The number of aliphatic hydroxyl groups is 2. The van der Waals surface area contributed by atoms with Gasteiger partial charge in [0.15, 0.2) is 0 Å². The second-order valence-corrected chi connectivity index (χ2v) is 4.50. The zero-order chi connectivity index (χ0) is 14.7. The van der Waals surface area contributed by atoms with Crippen molar-refractivity contribution in [2.45, 2.75) is 19.1 Å². The number of aromatic amines is 1. The molecule has 0 aliphatic carbocycles. The van der Waals surface area contributed by atoms with E-state index in [1.54, 1.807) is 18.2 Å². The maximum Gasteiger partial charge on any atom is 0.272 e. The number of nitrogens with zero attached hydrogens (tertiary/aromatic N) is 1. The predicted molar refractivity (Wildman–Crippen MR) is 72.0 cm³/mol. The molecule has 7 nitrogen and oxygen atoms in total. The van der Waals surface area contributed by atoms with Crippen molar-refractivity contribution in [3.8, 4) is 0 Å². The van der Waals surface area contributed by atoms with E-state index in [9.17, 15) is 19.8 Å². The summed E-state index contributed by atoms with van der Waals surface area (Å²) in [4.78, 5) is 22.3.